The fraction of sp³-hybridized carbons (Fsp3) is 0.0556. The predicted octanol–water partition coefficient (Wildman–Crippen LogP) is 3.56. The third kappa shape index (κ3) is 4.54. The summed E-state index contributed by atoms with van der Waals surface area (Å²) in [7, 11) is 0. The van der Waals surface area contributed by atoms with E-state index in [0.29, 0.717) is 16.8 Å². The van der Waals surface area contributed by atoms with Crippen molar-refractivity contribution < 1.29 is 4.74 Å². The number of hydrazone groups is 1. The zero-order valence-corrected chi connectivity index (χ0v) is 14.7. The summed E-state index contributed by atoms with van der Waals surface area (Å²) in [6, 6.07) is 17.5. The first-order valence-corrected chi connectivity index (χ1v) is 8.31. The van der Waals surface area contributed by atoms with Gasteiger partial charge in [-0.2, -0.15) is 10.2 Å². The number of aromatic nitrogens is 2. The first kappa shape index (κ1) is 16.9. The topological polar surface area (TPSA) is 79.4 Å². The third-order valence-corrected chi connectivity index (χ3v) is 4.13. The fourth-order valence-electron chi connectivity index (χ4n) is 2.09. The molecule has 2 aromatic carbocycles. The number of anilines is 1. The van der Waals surface area contributed by atoms with Gasteiger partial charge in [-0.25, -0.2) is 5.10 Å². The zero-order chi connectivity index (χ0) is 17.5. The van der Waals surface area contributed by atoms with Crippen LogP contribution >= 0.6 is 15.9 Å². The Morgan fingerprint density at radius 3 is 2.76 bits per heavy atom. The Bertz CT molecular complexity index is 926. The lowest BCUT2D eigenvalue weighted by Gasteiger charge is -2.09. The first-order valence-electron chi connectivity index (χ1n) is 7.52. The highest BCUT2D eigenvalue weighted by Gasteiger charge is 2.04. The Balaban J connectivity index is 1.70. The van der Waals surface area contributed by atoms with Crippen molar-refractivity contribution in [2.45, 2.75) is 6.61 Å². The number of rotatable bonds is 6. The number of hydrogen-bond donors (Lipinski definition) is 2. The summed E-state index contributed by atoms with van der Waals surface area (Å²) in [5, 5.41) is 10.2. The van der Waals surface area contributed by atoms with Crippen molar-refractivity contribution in [1.29, 1.82) is 0 Å². The lowest BCUT2D eigenvalue weighted by molar-refractivity contribution is 0.306. The molecule has 2 N–H and O–H groups in total. The van der Waals surface area contributed by atoms with Gasteiger partial charge in [-0.1, -0.05) is 42.5 Å². The molecule has 6 nitrogen and oxygen atoms in total. The third-order valence-electron chi connectivity index (χ3n) is 3.34. The van der Waals surface area contributed by atoms with E-state index >= 15 is 0 Å². The van der Waals surface area contributed by atoms with Gasteiger partial charge in [0.25, 0.3) is 5.56 Å². The summed E-state index contributed by atoms with van der Waals surface area (Å²) in [6.45, 7) is 0.475. The monoisotopic (exact) mass is 398 g/mol. The van der Waals surface area contributed by atoms with Crippen molar-refractivity contribution in [3.63, 3.8) is 0 Å². The highest BCUT2D eigenvalue weighted by atomic mass is 79.9. The summed E-state index contributed by atoms with van der Waals surface area (Å²) in [5.41, 5.74) is 4.84. The summed E-state index contributed by atoms with van der Waals surface area (Å²) < 4.78 is 6.21. The molecule has 0 saturated carbocycles. The second-order valence-electron chi connectivity index (χ2n) is 5.11. The number of para-hydroxylation sites is 1. The molecule has 0 aliphatic heterocycles. The lowest BCUT2D eigenvalue weighted by Crippen LogP contribution is -2.10. The van der Waals surface area contributed by atoms with Crippen molar-refractivity contribution >= 4 is 27.8 Å². The van der Waals surface area contributed by atoms with Gasteiger partial charge in [0.2, 0.25) is 0 Å². The molecule has 1 aromatic heterocycles. The molecule has 0 spiro atoms. The number of nitrogens with zero attached hydrogens (tertiary/aromatic N) is 2. The molecule has 3 rings (SSSR count). The number of nitrogens with one attached hydrogen (secondary N) is 2. The Morgan fingerprint density at radius 1 is 1.16 bits per heavy atom. The van der Waals surface area contributed by atoms with Crippen LogP contribution in [0.2, 0.25) is 0 Å². The predicted molar refractivity (Wildman–Crippen MR) is 101 cm³/mol. The summed E-state index contributed by atoms with van der Waals surface area (Å²) in [4.78, 5) is 11.5. The number of hydrogen-bond acceptors (Lipinski definition) is 5. The molecule has 0 unspecified atom stereocenters. The molecule has 0 aliphatic rings. The maximum absolute atomic E-state index is 11.5. The van der Waals surface area contributed by atoms with Gasteiger partial charge in [0.05, 0.1) is 18.1 Å². The lowest BCUT2D eigenvalue weighted by atomic mass is 10.2. The molecule has 3 aromatic rings. The fourth-order valence-corrected chi connectivity index (χ4v) is 2.37. The molecule has 0 fully saturated rings. The van der Waals surface area contributed by atoms with E-state index in [4.69, 9.17) is 4.74 Å². The van der Waals surface area contributed by atoms with Crippen LogP contribution in [0.5, 0.6) is 5.75 Å². The van der Waals surface area contributed by atoms with Gasteiger partial charge in [-0.15, -0.1) is 0 Å². The summed E-state index contributed by atoms with van der Waals surface area (Å²) in [6.07, 6.45) is 3.11. The van der Waals surface area contributed by atoms with E-state index < -0.39 is 0 Å². The Kier molecular flexibility index (Phi) is 5.58. The number of halogens is 1. The molecule has 0 saturated heterocycles. The Hall–Kier alpha value is -2.93. The molecule has 0 atom stereocenters. The highest BCUT2D eigenvalue weighted by molar-refractivity contribution is 9.10. The quantitative estimate of drug-likeness (QED) is 0.491. The van der Waals surface area contributed by atoms with Crippen molar-refractivity contribution in [1.82, 2.24) is 10.2 Å². The molecule has 0 bridgehead atoms. The Labute approximate surface area is 152 Å². The first-order chi connectivity index (χ1) is 12.2. The van der Waals surface area contributed by atoms with E-state index in [9.17, 15) is 4.79 Å². The van der Waals surface area contributed by atoms with Gasteiger partial charge in [0.1, 0.15) is 16.8 Å². The van der Waals surface area contributed by atoms with Crippen molar-refractivity contribution in [3.8, 4) is 5.75 Å². The van der Waals surface area contributed by atoms with Crippen molar-refractivity contribution in [3.05, 3.63) is 86.7 Å². The summed E-state index contributed by atoms with van der Waals surface area (Å²) in [5.74, 6) is 0.722. The maximum atomic E-state index is 11.5. The van der Waals surface area contributed by atoms with Crippen molar-refractivity contribution in [2.24, 2.45) is 5.10 Å². The van der Waals surface area contributed by atoms with Crippen LogP contribution in [0.15, 0.2) is 75.2 Å². The van der Waals surface area contributed by atoms with Crippen LogP contribution in [-0.4, -0.2) is 16.4 Å². The highest BCUT2D eigenvalue weighted by Crippen LogP contribution is 2.18. The molecule has 25 heavy (non-hydrogen) atoms. The van der Waals surface area contributed by atoms with Crippen LogP contribution in [-0.2, 0) is 6.61 Å². The van der Waals surface area contributed by atoms with E-state index in [1.165, 1.54) is 6.20 Å². The van der Waals surface area contributed by atoms with Gasteiger partial charge in [-0.05, 0) is 33.6 Å². The van der Waals surface area contributed by atoms with Crippen LogP contribution in [0.4, 0.5) is 5.69 Å². The van der Waals surface area contributed by atoms with E-state index in [2.05, 4.69) is 36.7 Å². The molecular formula is C18H15BrN4O2. The SMILES string of the molecule is O=c1[nH]ncc(NN=Cc2ccccc2OCc2ccccc2)c1Br. The largest absolute Gasteiger partial charge is 0.488 e. The van der Waals surface area contributed by atoms with Gasteiger partial charge in [-0.3, -0.25) is 10.2 Å². The average molecular weight is 399 g/mol. The van der Waals surface area contributed by atoms with Gasteiger partial charge < -0.3 is 4.74 Å². The normalized spacial score (nSPS) is 10.8. The smallest absolute Gasteiger partial charge is 0.280 e. The van der Waals surface area contributed by atoms with Gasteiger partial charge in [0.15, 0.2) is 0 Å². The van der Waals surface area contributed by atoms with Crippen LogP contribution in [0, 0.1) is 0 Å². The van der Waals surface area contributed by atoms with E-state index in [-0.39, 0.29) is 5.56 Å². The van der Waals surface area contributed by atoms with Crippen molar-refractivity contribution in [2.75, 3.05) is 5.43 Å². The maximum Gasteiger partial charge on any atom is 0.280 e. The number of ether oxygens (including phenoxy) is 1. The molecule has 1 heterocycles. The van der Waals surface area contributed by atoms with Crippen LogP contribution in [0.3, 0.4) is 0 Å². The standard InChI is InChI=1S/C18H15BrN4O2/c19-17-15(11-21-23-18(17)24)22-20-10-14-8-4-5-9-16(14)25-12-13-6-2-1-3-7-13/h1-11H,12H2,(H2,22,23,24). The summed E-state index contributed by atoms with van der Waals surface area (Å²) >= 11 is 3.19. The van der Waals surface area contributed by atoms with Crippen LogP contribution in [0.25, 0.3) is 0 Å². The van der Waals surface area contributed by atoms with Crippen LogP contribution < -0.4 is 15.7 Å². The minimum atomic E-state index is -0.327. The van der Waals surface area contributed by atoms with E-state index in [1.54, 1.807) is 6.21 Å². The zero-order valence-electron chi connectivity index (χ0n) is 13.1. The van der Waals surface area contributed by atoms with Gasteiger partial charge in [0, 0.05) is 5.56 Å². The number of aromatic amines is 1. The molecular weight excluding hydrogens is 384 g/mol. The minimum absolute atomic E-state index is 0.327. The second kappa shape index (κ2) is 8.25. The molecule has 126 valence electrons. The number of benzene rings is 2. The van der Waals surface area contributed by atoms with Gasteiger partial charge >= 0.3 is 0 Å². The van der Waals surface area contributed by atoms with Crippen LogP contribution in [0.1, 0.15) is 11.1 Å². The second-order valence-corrected chi connectivity index (χ2v) is 5.90. The molecule has 7 heteroatoms. The molecule has 0 radical (unpaired) electrons. The Morgan fingerprint density at radius 2 is 1.92 bits per heavy atom. The molecule has 0 amide bonds. The van der Waals surface area contributed by atoms with E-state index in [1.807, 2.05) is 54.6 Å². The molecule has 0 aliphatic carbocycles. The number of H-pyrrole nitrogens is 1. The average Bonchev–Trinajstić information content (AvgIpc) is 2.65. The minimum Gasteiger partial charge on any atom is -0.488 e. The van der Waals surface area contributed by atoms with E-state index in [0.717, 1.165) is 16.9 Å².